The summed E-state index contributed by atoms with van der Waals surface area (Å²) in [6, 6.07) is 42.9. The summed E-state index contributed by atoms with van der Waals surface area (Å²) in [7, 11) is 0. The first-order valence-corrected chi connectivity index (χ1v) is 15.0. The van der Waals surface area contributed by atoms with Crippen LogP contribution in [0.15, 0.2) is 134 Å². The average molecular weight is 565 g/mol. The second-order valence-electron chi connectivity index (χ2n) is 12.1. The minimum atomic E-state index is -0.207. The summed E-state index contributed by atoms with van der Waals surface area (Å²) < 4.78 is 2.46. The molecular formula is C40H28N4. The van der Waals surface area contributed by atoms with E-state index < -0.39 is 0 Å². The molecule has 1 aliphatic rings. The summed E-state index contributed by atoms with van der Waals surface area (Å²) >= 11 is 0. The van der Waals surface area contributed by atoms with E-state index in [1.54, 1.807) is 0 Å². The van der Waals surface area contributed by atoms with E-state index in [1.165, 1.54) is 49.3 Å². The van der Waals surface area contributed by atoms with Gasteiger partial charge in [0, 0.05) is 28.6 Å². The number of benzene rings is 4. The molecule has 0 bridgehead atoms. The first kappa shape index (κ1) is 24.9. The van der Waals surface area contributed by atoms with Gasteiger partial charge in [-0.05, 0) is 75.5 Å². The van der Waals surface area contributed by atoms with Crippen molar-refractivity contribution >= 4 is 32.6 Å². The fourth-order valence-electron chi connectivity index (χ4n) is 7.39. The maximum Gasteiger partial charge on any atom is 0.0915 e. The highest BCUT2D eigenvalue weighted by atomic mass is 15.0. The van der Waals surface area contributed by atoms with E-state index in [4.69, 9.17) is 4.98 Å². The second-order valence-corrected chi connectivity index (χ2v) is 12.1. The van der Waals surface area contributed by atoms with Gasteiger partial charge in [-0.25, -0.2) is 4.98 Å². The standard InChI is InChI=1S/C40H28N4/c1-40(2)30-17-7-5-15-28(30)36-26-13-3-4-14-27(26)37-29-16-6-8-20-35(29)44(39(37)38(36)40)25-23-33(31-18-9-11-21-41-31)43-34(24-25)32-19-10-12-22-42-32/h3-24H,1-2H3. The maximum absolute atomic E-state index is 5.09. The highest BCUT2D eigenvalue weighted by Gasteiger charge is 2.40. The van der Waals surface area contributed by atoms with Crippen LogP contribution in [0, 0.1) is 0 Å². The molecular weight excluding hydrogens is 536 g/mol. The molecule has 4 nitrogen and oxygen atoms in total. The Balaban J connectivity index is 1.49. The number of aromatic nitrogens is 4. The Morgan fingerprint density at radius 3 is 1.84 bits per heavy atom. The molecule has 0 radical (unpaired) electrons. The van der Waals surface area contributed by atoms with Crippen molar-refractivity contribution in [1.29, 1.82) is 0 Å². The summed E-state index contributed by atoms with van der Waals surface area (Å²) in [6.45, 7) is 4.75. The normalized spacial score (nSPS) is 13.4. The minimum Gasteiger partial charge on any atom is -0.309 e. The Morgan fingerprint density at radius 1 is 0.568 bits per heavy atom. The molecule has 4 heterocycles. The zero-order valence-corrected chi connectivity index (χ0v) is 24.5. The molecule has 1 aliphatic carbocycles. The number of hydrogen-bond donors (Lipinski definition) is 0. The summed E-state index contributed by atoms with van der Waals surface area (Å²) in [5, 5.41) is 5.09. The third kappa shape index (κ3) is 3.42. The third-order valence-corrected chi connectivity index (χ3v) is 9.24. The van der Waals surface area contributed by atoms with Crippen LogP contribution in [-0.4, -0.2) is 19.5 Å². The zero-order chi connectivity index (χ0) is 29.4. The van der Waals surface area contributed by atoms with Gasteiger partial charge in [0.1, 0.15) is 0 Å². The number of pyridine rings is 3. The lowest BCUT2D eigenvalue weighted by Gasteiger charge is -2.24. The molecule has 0 unspecified atom stereocenters. The van der Waals surface area contributed by atoms with Gasteiger partial charge in [-0.1, -0.05) is 92.7 Å². The van der Waals surface area contributed by atoms with Gasteiger partial charge in [-0.3, -0.25) is 9.97 Å². The van der Waals surface area contributed by atoms with E-state index in [1.807, 2.05) is 48.8 Å². The fraction of sp³-hybridized carbons (Fsp3) is 0.0750. The van der Waals surface area contributed by atoms with E-state index in [2.05, 4.69) is 113 Å². The Kier molecular flexibility index (Phi) is 5.21. The summed E-state index contributed by atoms with van der Waals surface area (Å²) in [5.41, 5.74) is 11.9. The molecule has 8 aromatic rings. The van der Waals surface area contributed by atoms with Crippen LogP contribution in [-0.2, 0) is 5.41 Å². The summed E-state index contributed by atoms with van der Waals surface area (Å²) in [6.07, 6.45) is 3.65. The van der Waals surface area contributed by atoms with Crippen molar-refractivity contribution in [2.75, 3.05) is 0 Å². The molecule has 0 amide bonds. The van der Waals surface area contributed by atoms with Gasteiger partial charge in [-0.15, -0.1) is 0 Å². The molecule has 44 heavy (non-hydrogen) atoms. The Labute approximate surface area is 255 Å². The number of fused-ring (bicyclic) bond motifs is 10. The lowest BCUT2D eigenvalue weighted by Crippen LogP contribution is -2.16. The van der Waals surface area contributed by atoms with Gasteiger partial charge in [0.2, 0.25) is 0 Å². The van der Waals surface area contributed by atoms with Crippen molar-refractivity contribution in [3.63, 3.8) is 0 Å². The van der Waals surface area contributed by atoms with E-state index in [0.717, 1.165) is 34.0 Å². The monoisotopic (exact) mass is 564 g/mol. The molecule has 0 spiro atoms. The summed E-state index contributed by atoms with van der Waals surface area (Å²) in [5.74, 6) is 0. The molecule has 0 saturated carbocycles. The van der Waals surface area contributed by atoms with Crippen LogP contribution in [0.1, 0.15) is 25.0 Å². The highest BCUT2D eigenvalue weighted by Crippen LogP contribution is 2.56. The average Bonchev–Trinajstić information content (AvgIpc) is 3.55. The predicted molar refractivity (Wildman–Crippen MR) is 180 cm³/mol. The highest BCUT2D eigenvalue weighted by molar-refractivity contribution is 6.27. The fourth-order valence-corrected chi connectivity index (χ4v) is 7.39. The number of para-hydroxylation sites is 1. The van der Waals surface area contributed by atoms with Gasteiger partial charge in [0.05, 0.1) is 39.5 Å². The molecule has 4 aromatic carbocycles. The molecule has 9 rings (SSSR count). The van der Waals surface area contributed by atoms with Crippen molar-refractivity contribution in [1.82, 2.24) is 19.5 Å². The molecule has 0 aliphatic heterocycles. The topological polar surface area (TPSA) is 43.6 Å². The third-order valence-electron chi connectivity index (χ3n) is 9.24. The Hall–Kier alpha value is -5.61. The van der Waals surface area contributed by atoms with Crippen molar-refractivity contribution in [3.8, 4) is 39.6 Å². The van der Waals surface area contributed by atoms with Crippen molar-refractivity contribution in [3.05, 3.63) is 145 Å². The lowest BCUT2D eigenvalue weighted by molar-refractivity contribution is 0.664. The van der Waals surface area contributed by atoms with Gasteiger partial charge < -0.3 is 4.57 Å². The summed E-state index contributed by atoms with van der Waals surface area (Å²) in [4.78, 5) is 14.5. The molecule has 208 valence electrons. The van der Waals surface area contributed by atoms with Crippen molar-refractivity contribution in [2.24, 2.45) is 0 Å². The SMILES string of the molecule is CC1(C)c2ccccc2-c2c1c1c(c3ccccc23)c2ccccc2n1-c1cc(-c2ccccn2)nc(-c2ccccn2)c1. The predicted octanol–water partition coefficient (Wildman–Crippen LogP) is 9.76. The number of rotatable bonds is 3. The molecule has 0 saturated heterocycles. The number of hydrogen-bond acceptors (Lipinski definition) is 3. The first-order chi connectivity index (χ1) is 21.6. The second kappa shape index (κ2) is 9.19. The van der Waals surface area contributed by atoms with E-state index >= 15 is 0 Å². The molecule has 0 fully saturated rings. The van der Waals surface area contributed by atoms with E-state index in [9.17, 15) is 0 Å². The van der Waals surface area contributed by atoms with Crippen LogP contribution in [0.2, 0.25) is 0 Å². The molecule has 0 N–H and O–H groups in total. The van der Waals surface area contributed by atoms with Gasteiger partial charge in [-0.2, -0.15) is 0 Å². The number of nitrogens with zero attached hydrogens (tertiary/aromatic N) is 4. The van der Waals surface area contributed by atoms with Crippen LogP contribution in [0.3, 0.4) is 0 Å². The first-order valence-electron chi connectivity index (χ1n) is 15.0. The van der Waals surface area contributed by atoms with Gasteiger partial charge >= 0.3 is 0 Å². The molecule has 4 aromatic heterocycles. The zero-order valence-electron chi connectivity index (χ0n) is 24.5. The largest absolute Gasteiger partial charge is 0.309 e. The van der Waals surface area contributed by atoms with Crippen LogP contribution in [0.4, 0.5) is 0 Å². The quantitative estimate of drug-likeness (QED) is 0.215. The molecule has 4 heteroatoms. The molecule has 0 atom stereocenters. The van der Waals surface area contributed by atoms with Crippen molar-refractivity contribution < 1.29 is 0 Å². The van der Waals surface area contributed by atoms with Gasteiger partial charge in [0.15, 0.2) is 0 Å². The smallest absolute Gasteiger partial charge is 0.0915 e. The van der Waals surface area contributed by atoms with Crippen LogP contribution in [0.5, 0.6) is 0 Å². The minimum absolute atomic E-state index is 0.207. The lowest BCUT2D eigenvalue weighted by atomic mass is 9.80. The van der Waals surface area contributed by atoms with E-state index in [-0.39, 0.29) is 5.41 Å². The van der Waals surface area contributed by atoms with Gasteiger partial charge in [0.25, 0.3) is 0 Å². The maximum atomic E-state index is 5.09. The van der Waals surface area contributed by atoms with Crippen LogP contribution >= 0.6 is 0 Å². The van der Waals surface area contributed by atoms with Crippen LogP contribution < -0.4 is 0 Å². The Morgan fingerprint density at radius 2 is 1.16 bits per heavy atom. The van der Waals surface area contributed by atoms with Crippen molar-refractivity contribution in [2.45, 2.75) is 19.3 Å². The Bertz CT molecular complexity index is 2350. The van der Waals surface area contributed by atoms with Crippen LogP contribution in [0.25, 0.3) is 72.2 Å². The van der Waals surface area contributed by atoms with E-state index in [0.29, 0.717) is 0 Å².